The molecule has 1 atom stereocenters. The summed E-state index contributed by atoms with van der Waals surface area (Å²) in [4.78, 5) is 0. The Morgan fingerprint density at radius 1 is 1.21 bits per heavy atom. The summed E-state index contributed by atoms with van der Waals surface area (Å²) >= 11 is 0. The van der Waals surface area contributed by atoms with Crippen LogP contribution in [0.4, 0.5) is 4.39 Å². The Hall–Kier alpha value is -1.80. The number of aromatic nitrogens is 3. The molecule has 1 spiro atoms. The van der Waals surface area contributed by atoms with Crippen LogP contribution in [-0.2, 0) is 15.8 Å². The first kappa shape index (κ1) is 18.2. The van der Waals surface area contributed by atoms with Crippen LogP contribution in [0.1, 0.15) is 61.9 Å². The minimum absolute atomic E-state index is 0.0469. The lowest BCUT2D eigenvalue weighted by atomic mass is 9.76. The highest BCUT2D eigenvalue weighted by molar-refractivity contribution is 7.88. The van der Waals surface area contributed by atoms with E-state index >= 15 is 0 Å². The molecule has 2 heterocycles. The van der Waals surface area contributed by atoms with E-state index in [9.17, 15) is 12.8 Å². The van der Waals surface area contributed by atoms with Crippen molar-refractivity contribution in [3.8, 4) is 0 Å². The Morgan fingerprint density at radius 2 is 2.00 bits per heavy atom. The Kier molecular flexibility index (Phi) is 4.32. The number of nitrogens with zero attached hydrogens (tertiary/aromatic N) is 4. The van der Waals surface area contributed by atoms with Gasteiger partial charge < -0.3 is 4.57 Å². The van der Waals surface area contributed by atoms with Gasteiger partial charge in [0.05, 0.1) is 5.75 Å². The maximum absolute atomic E-state index is 13.5. The summed E-state index contributed by atoms with van der Waals surface area (Å²) in [7, 11) is -3.53. The van der Waals surface area contributed by atoms with Gasteiger partial charge in [-0.05, 0) is 48.8 Å². The summed E-state index contributed by atoms with van der Waals surface area (Å²) in [6.07, 6.45) is 8.41. The standard InChI is InChI=1S/C20H25FN4O2S/c21-16-5-3-4-15(10-16)12-28(26,27)24-11-18(20(13-24)8-1-2-9-20)19-23-22-14-25(19)17-6-7-17/h3-5,10,14,17-18H,1-2,6-9,11-13H2. The van der Waals surface area contributed by atoms with Gasteiger partial charge in [-0.15, -0.1) is 10.2 Å². The quantitative estimate of drug-likeness (QED) is 0.767. The van der Waals surface area contributed by atoms with Gasteiger partial charge in [0, 0.05) is 25.0 Å². The van der Waals surface area contributed by atoms with E-state index in [0.717, 1.165) is 44.3 Å². The van der Waals surface area contributed by atoms with Crippen molar-refractivity contribution >= 4 is 10.0 Å². The van der Waals surface area contributed by atoms with Crippen molar-refractivity contribution in [3.05, 3.63) is 47.8 Å². The van der Waals surface area contributed by atoms with Gasteiger partial charge in [-0.1, -0.05) is 25.0 Å². The highest BCUT2D eigenvalue weighted by Gasteiger charge is 2.53. The molecule has 1 aromatic carbocycles. The zero-order valence-corrected chi connectivity index (χ0v) is 16.6. The molecular formula is C20H25FN4O2S. The summed E-state index contributed by atoms with van der Waals surface area (Å²) in [5, 5.41) is 8.58. The third-order valence-corrected chi connectivity index (χ3v) is 8.46. The van der Waals surface area contributed by atoms with Gasteiger partial charge >= 0.3 is 0 Å². The van der Waals surface area contributed by atoms with Crippen LogP contribution in [0.3, 0.4) is 0 Å². The van der Waals surface area contributed by atoms with Crippen molar-refractivity contribution in [2.45, 2.75) is 56.2 Å². The van der Waals surface area contributed by atoms with Crippen molar-refractivity contribution in [1.29, 1.82) is 0 Å². The largest absolute Gasteiger partial charge is 0.314 e. The zero-order chi connectivity index (χ0) is 19.4. The van der Waals surface area contributed by atoms with E-state index < -0.39 is 15.8 Å². The summed E-state index contributed by atoms with van der Waals surface area (Å²) in [6.45, 7) is 0.982. The van der Waals surface area contributed by atoms with E-state index in [4.69, 9.17) is 0 Å². The molecule has 1 unspecified atom stereocenters. The lowest BCUT2D eigenvalue weighted by molar-refractivity contribution is 0.272. The Morgan fingerprint density at radius 3 is 2.71 bits per heavy atom. The Bertz CT molecular complexity index is 980. The third kappa shape index (κ3) is 3.16. The lowest BCUT2D eigenvalue weighted by Crippen LogP contribution is -2.32. The van der Waals surface area contributed by atoms with E-state index in [1.165, 1.54) is 12.1 Å². The first-order valence-corrected chi connectivity index (χ1v) is 11.7. The van der Waals surface area contributed by atoms with Crippen LogP contribution in [-0.4, -0.2) is 40.6 Å². The average molecular weight is 405 g/mol. The second-order valence-electron chi connectivity index (χ2n) is 8.63. The fraction of sp³-hybridized carbons (Fsp3) is 0.600. The summed E-state index contributed by atoms with van der Waals surface area (Å²) in [5.41, 5.74) is 0.444. The molecular weight excluding hydrogens is 379 g/mol. The number of sulfonamides is 1. The molecule has 1 aliphatic heterocycles. The first-order chi connectivity index (χ1) is 13.5. The number of hydrogen-bond acceptors (Lipinski definition) is 4. The second-order valence-corrected chi connectivity index (χ2v) is 10.6. The minimum atomic E-state index is -3.53. The predicted molar refractivity (Wildman–Crippen MR) is 103 cm³/mol. The van der Waals surface area contributed by atoms with Crippen molar-refractivity contribution in [1.82, 2.24) is 19.1 Å². The SMILES string of the molecule is O=S(=O)(Cc1cccc(F)c1)N1CC(c2nncn2C2CC2)C2(CCCC2)C1. The molecule has 0 N–H and O–H groups in total. The molecule has 8 heteroatoms. The number of benzene rings is 1. The fourth-order valence-corrected chi connectivity index (χ4v) is 6.75. The summed E-state index contributed by atoms with van der Waals surface area (Å²) in [6, 6.07) is 6.34. The molecule has 0 amide bonds. The number of rotatable bonds is 5. The maximum Gasteiger partial charge on any atom is 0.218 e. The number of hydrogen-bond donors (Lipinski definition) is 0. The van der Waals surface area contributed by atoms with Crippen LogP contribution in [0.25, 0.3) is 0 Å². The van der Waals surface area contributed by atoms with Crippen LogP contribution in [0.15, 0.2) is 30.6 Å². The molecule has 0 radical (unpaired) electrons. The third-order valence-electron chi connectivity index (χ3n) is 6.70. The molecule has 2 aromatic rings. The van der Waals surface area contributed by atoms with Crippen molar-refractivity contribution in [3.63, 3.8) is 0 Å². The van der Waals surface area contributed by atoms with Gasteiger partial charge in [0.15, 0.2) is 0 Å². The van der Waals surface area contributed by atoms with Crippen LogP contribution in [0.5, 0.6) is 0 Å². The normalized spacial score (nSPS) is 25.0. The molecule has 1 aromatic heterocycles. The first-order valence-electron chi connectivity index (χ1n) is 10.1. The summed E-state index contributed by atoms with van der Waals surface area (Å²) in [5.74, 6) is 0.466. The highest BCUT2D eigenvalue weighted by Crippen LogP contribution is 2.54. The average Bonchev–Trinajstić information content (AvgIpc) is 3.07. The Labute approximate surface area is 164 Å². The van der Waals surface area contributed by atoms with Crippen molar-refractivity contribution in [2.75, 3.05) is 13.1 Å². The maximum atomic E-state index is 13.5. The van der Waals surface area contributed by atoms with Crippen molar-refractivity contribution < 1.29 is 12.8 Å². The molecule has 2 saturated carbocycles. The topological polar surface area (TPSA) is 68.1 Å². The molecule has 1 saturated heterocycles. The lowest BCUT2D eigenvalue weighted by Gasteiger charge is -2.29. The zero-order valence-electron chi connectivity index (χ0n) is 15.8. The van der Waals surface area contributed by atoms with Gasteiger partial charge in [0.1, 0.15) is 18.0 Å². The Balaban J connectivity index is 1.44. The van der Waals surface area contributed by atoms with Gasteiger partial charge in [0.25, 0.3) is 0 Å². The van der Waals surface area contributed by atoms with E-state index in [1.54, 1.807) is 22.8 Å². The van der Waals surface area contributed by atoms with Crippen LogP contribution in [0.2, 0.25) is 0 Å². The van der Waals surface area contributed by atoms with E-state index in [-0.39, 0.29) is 17.1 Å². The van der Waals surface area contributed by atoms with Gasteiger partial charge in [0.2, 0.25) is 10.0 Å². The molecule has 0 bridgehead atoms. The van der Waals surface area contributed by atoms with E-state index in [2.05, 4.69) is 14.8 Å². The van der Waals surface area contributed by atoms with Crippen molar-refractivity contribution in [2.24, 2.45) is 5.41 Å². The molecule has 3 fully saturated rings. The van der Waals surface area contributed by atoms with Gasteiger partial charge in [-0.25, -0.2) is 17.1 Å². The molecule has 150 valence electrons. The molecule has 6 nitrogen and oxygen atoms in total. The van der Waals surface area contributed by atoms with E-state index in [1.807, 2.05) is 0 Å². The smallest absolute Gasteiger partial charge is 0.218 e. The van der Waals surface area contributed by atoms with Gasteiger partial charge in [-0.3, -0.25) is 0 Å². The molecule has 28 heavy (non-hydrogen) atoms. The minimum Gasteiger partial charge on any atom is -0.314 e. The second kappa shape index (κ2) is 6.62. The fourth-order valence-electron chi connectivity index (χ4n) is 5.14. The molecule has 2 aliphatic carbocycles. The van der Waals surface area contributed by atoms with Crippen LogP contribution < -0.4 is 0 Å². The number of halogens is 1. The van der Waals surface area contributed by atoms with Crippen LogP contribution >= 0.6 is 0 Å². The predicted octanol–water partition coefficient (Wildman–Crippen LogP) is 3.24. The van der Waals surface area contributed by atoms with Gasteiger partial charge in [-0.2, -0.15) is 0 Å². The highest BCUT2D eigenvalue weighted by atomic mass is 32.2. The summed E-state index contributed by atoms with van der Waals surface area (Å²) < 4.78 is 43.6. The molecule has 5 rings (SSSR count). The van der Waals surface area contributed by atoms with Crippen LogP contribution in [0, 0.1) is 11.2 Å². The molecule has 3 aliphatic rings. The monoisotopic (exact) mass is 404 g/mol. The van der Waals surface area contributed by atoms with E-state index in [0.29, 0.717) is 24.7 Å².